The highest BCUT2D eigenvalue weighted by Crippen LogP contribution is 2.63. The van der Waals surface area contributed by atoms with Crippen molar-refractivity contribution in [2.45, 2.75) is 103 Å². The van der Waals surface area contributed by atoms with Gasteiger partial charge in [0.15, 0.2) is 0 Å². The number of fused-ring (bicyclic) bond motifs is 48. The predicted octanol–water partition coefficient (Wildman–Crippen LogP) is 30.0. The summed E-state index contributed by atoms with van der Waals surface area (Å²) in [6.07, 6.45) is 27.9. The van der Waals surface area contributed by atoms with Gasteiger partial charge in [-0.1, -0.05) is 249 Å². The molecular weight excluding hydrogens is 1700 g/mol. The summed E-state index contributed by atoms with van der Waals surface area (Å²) in [4.78, 5) is 28.6. The molecule has 0 spiro atoms. The zero-order chi connectivity index (χ0) is 90.7. The highest BCUT2D eigenvalue weighted by molar-refractivity contribution is 6.02. The van der Waals surface area contributed by atoms with Gasteiger partial charge in [0, 0.05) is 82.4 Å². The summed E-state index contributed by atoms with van der Waals surface area (Å²) < 4.78 is 0. The number of aromatic nitrogens is 4. The molecule has 16 aromatic carbocycles. The number of para-hydroxylation sites is 4. The van der Waals surface area contributed by atoms with Gasteiger partial charge in [-0.3, -0.25) is 19.9 Å². The van der Waals surface area contributed by atoms with Crippen molar-refractivity contribution in [1.29, 1.82) is 0 Å². The largest absolute Gasteiger partial charge is 0.309 e. The third kappa shape index (κ3) is 10.6. The van der Waals surface area contributed by atoms with Crippen LogP contribution in [0.4, 0.5) is 68.4 Å². The van der Waals surface area contributed by atoms with Crippen molar-refractivity contribution in [3.63, 3.8) is 0 Å². The Morgan fingerprint density at radius 3 is 0.893 bits per heavy atom. The van der Waals surface area contributed by atoms with E-state index in [0.29, 0.717) is 0 Å². The zero-order valence-corrected chi connectivity index (χ0v) is 77.2. The first kappa shape index (κ1) is 76.5. The molecule has 8 aliphatic heterocycles. The predicted molar refractivity (Wildman–Crippen MR) is 564 cm³/mol. The number of rotatable bonds is 0. The number of hydrogen-bond donors (Lipinski definition) is 0. The molecule has 16 aliphatic rings. The maximum absolute atomic E-state index is 4.87. The molecule has 8 nitrogen and oxygen atoms in total. The van der Waals surface area contributed by atoms with Gasteiger partial charge in [-0.15, -0.1) is 0 Å². The van der Waals surface area contributed by atoms with Gasteiger partial charge < -0.3 is 14.7 Å². The summed E-state index contributed by atoms with van der Waals surface area (Å²) >= 11 is 0. The lowest BCUT2D eigenvalue weighted by atomic mass is 9.84. The van der Waals surface area contributed by atoms with Crippen molar-refractivity contribution >= 4 is 68.4 Å². The Morgan fingerprint density at radius 1 is 0.150 bits per heavy atom. The number of hydrogen-bond acceptors (Lipinski definition) is 8. The Labute approximate surface area is 812 Å². The molecular formula is C132H88N8. The number of benzene rings is 16. The molecule has 0 amide bonds. The molecule has 12 heterocycles. The minimum atomic E-state index is 0.911. The van der Waals surface area contributed by atoms with E-state index < -0.39 is 0 Å². The van der Waals surface area contributed by atoms with Crippen molar-refractivity contribution in [2.24, 2.45) is 0 Å². The quantitative estimate of drug-likeness (QED) is 0.149. The monoisotopic (exact) mass is 1780 g/mol. The lowest BCUT2D eigenvalue weighted by Crippen LogP contribution is -2.26. The molecule has 140 heavy (non-hydrogen) atoms. The molecule has 4 aromatic heterocycles. The summed E-state index contributed by atoms with van der Waals surface area (Å²) in [5.41, 5.74) is 84.2. The molecule has 36 rings (SSSR count). The maximum Gasteiger partial charge on any atom is 0.141 e. The van der Waals surface area contributed by atoms with Gasteiger partial charge in [-0.2, -0.15) is 0 Å². The molecule has 0 radical (unpaired) electrons. The van der Waals surface area contributed by atoms with Gasteiger partial charge in [-0.05, 0) is 367 Å². The van der Waals surface area contributed by atoms with Gasteiger partial charge >= 0.3 is 0 Å². The van der Waals surface area contributed by atoms with Crippen molar-refractivity contribution in [3.05, 3.63) is 519 Å². The van der Waals surface area contributed by atoms with Gasteiger partial charge in [-0.25, -0.2) is 4.98 Å². The van der Waals surface area contributed by atoms with E-state index >= 15 is 0 Å². The first-order chi connectivity index (χ1) is 69.4. The first-order valence-electron chi connectivity index (χ1n) is 50.3. The third-order valence-corrected chi connectivity index (χ3v) is 34.5. The zero-order valence-electron chi connectivity index (χ0n) is 77.2. The van der Waals surface area contributed by atoms with Crippen LogP contribution < -0.4 is 19.6 Å². The van der Waals surface area contributed by atoms with E-state index in [2.05, 4.69) is 339 Å². The van der Waals surface area contributed by atoms with E-state index in [1.54, 1.807) is 0 Å². The van der Waals surface area contributed by atoms with E-state index in [-0.39, 0.29) is 0 Å². The molecule has 0 unspecified atom stereocenters. The van der Waals surface area contributed by atoms with E-state index in [9.17, 15) is 0 Å². The Kier molecular flexibility index (Phi) is 15.6. The molecule has 0 bridgehead atoms. The number of anilines is 12. The molecule has 0 saturated carbocycles. The molecule has 656 valence electrons. The standard InChI is InChI=1S/4C33H22N2/c1-2-9-24-19(5-1)16-29-25(24)11-10-20-17-27-26(31(20)29)12-13-30-28(27)18-22-7-3-6-21-15-23-8-4-14-34-33(23)35(30)32(21)22;1-2-8-23-19(5-1)15-28-24(23)11-10-20-16-26-25(32(20)28)12-13-30-27(26)17-21-6-3-7-22-18-29-31(9-4-14-34-29)35(30)33(21)22;1-2-7-24-19(4-1)15-29-25(24)9-8-21-16-27-26(32(21)29)10-11-30-28(27)17-23-6-3-5-22-14-20-12-13-34-18-31(20)35(30)33(22)23;1-2-7-24-19(4-1)15-29-25(24)9-8-20-16-27-26(32(20)29)10-11-31-28(27)17-22-6-3-5-21-14-23-18-34-13-12-30(23)35(31)33(21)22/h2*1-14H,15-18H2;2*1-13,18H,14-17H2. The van der Waals surface area contributed by atoms with E-state index in [1.165, 1.54) is 330 Å². The first-order valence-corrected chi connectivity index (χ1v) is 50.3. The van der Waals surface area contributed by atoms with Crippen LogP contribution in [0.1, 0.15) is 178 Å². The van der Waals surface area contributed by atoms with Gasteiger partial charge in [0.1, 0.15) is 5.82 Å². The lowest BCUT2D eigenvalue weighted by Gasteiger charge is -2.39. The second-order valence-corrected chi connectivity index (χ2v) is 41.3. The van der Waals surface area contributed by atoms with Crippen LogP contribution in [0, 0.1) is 0 Å². The van der Waals surface area contributed by atoms with Crippen LogP contribution in [0.5, 0.6) is 0 Å². The van der Waals surface area contributed by atoms with Gasteiger partial charge in [0.2, 0.25) is 0 Å². The summed E-state index contributed by atoms with van der Waals surface area (Å²) in [6.45, 7) is 0. The van der Waals surface area contributed by atoms with E-state index in [1.807, 2.05) is 31.0 Å². The maximum atomic E-state index is 4.87. The summed E-state index contributed by atoms with van der Waals surface area (Å²) in [5, 5.41) is 0. The fourth-order valence-corrected chi connectivity index (χ4v) is 28.8. The van der Waals surface area contributed by atoms with Crippen LogP contribution in [0.2, 0.25) is 0 Å². The van der Waals surface area contributed by atoms with Gasteiger partial charge in [0.25, 0.3) is 0 Å². The van der Waals surface area contributed by atoms with Crippen LogP contribution >= 0.6 is 0 Å². The molecule has 8 aliphatic carbocycles. The Hall–Kier alpha value is -16.7. The van der Waals surface area contributed by atoms with Crippen molar-refractivity contribution in [2.75, 3.05) is 19.6 Å². The van der Waals surface area contributed by atoms with Crippen molar-refractivity contribution < 1.29 is 0 Å². The molecule has 0 atom stereocenters. The number of pyridine rings is 4. The average Bonchev–Trinajstić information content (AvgIpc) is 1.41. The molecule has 8 heteroatoms. The average molecular weight is 1790 g/mol. The number of nitrogens with zero attached hydrogens (tertiary/aromatic N) is 8. The van der Waals surface area contributed by atoms with E-state index in [4.69, 9.17) is 9.97 Å². The summed E-state index contributed by atoms with van der Waals surface area (Å²) in [5.74, 6) is 1.10. The summed E-state index contributed by atoms with van der Waals surface area (Å²) in [6, 6.07) is 114. The Balaban J connectivity index is 0.0000000829. The van der Waals surface area contributed by atoms with E-state index in [0.717, 1.165) is 109 Å². The molecule has 0 N–H and O–H groups in total. The normalized spacial score (nSPS) is 14.9. The second kappa shape index (κ2) is 28.5. The fourth-order valence-electron chi connectivity index (χ4n) is 28.8. The highest BCUT2D eigenvalue weighted by Gasteiger charge is 2.44. The molecule has 0 fully saturated rings. The van der Waals surface area contributed by atoms with Crippen molar-refractivity contribution in [1.82, 2.24) is 19.9 Å². The minimum absolute atomic E-state index is 0.911. The van der Waals surface area contributed by atoms with Crippen molar-refractivity contribution in [3.8, 4) is 89.0 Å². The Bertz CT molecular complexity index is 8090. The SMILES string of the molecule is c1ccc2c(c1)Cc1c-2ccc2c1-c1ccc3c(c1C2)Cc1cccc2c1N3c1cccnc1C2.c1ccc2c(c1)Cc1c-2ccc2c1-c1ccc3c(c1C2)Cc1cccc2c1N3c1ccncc1C2.c1ccc2c(c1)Cc1c-2ccc2c1-c1ccc3c(c1C2)Cc1cccc2c1N3c1cnccc1C2.c1ccc2c(c1)Cc1c-2ccc2c1-c1ccc3c(c1C2)Cc1cccc2c1N3c1ncccc1C2. The molecule has 20 aromatic rings. The van der Waals surface area contributed by atoms with Crippen LogP contribution in [-0.2, 0) is 103 Å². The van der Waals surface area contributed by atoms with Gasteiger partial charge in [0.05, 0.1) is 74.5 Å². The highest BCUT2D eigenvalue weighted by atomic mass is 15.2. The fraction of sp³-hybridized carbons (Fsp3) is 0.121. The lowest BCUT2D eigenvalue weighted by molar-refractivity contribution is 0.963. The second-order valence-electron chi connectivity index (χ2n) is 41.3. The third-order valence-electron chi connectivity index (χ3n) is 34.5. The van der Waals surface area contributed by atoms with Crippen LogP contribution in [0.25, 0.3) is 89.0 Å². The smallest absolute Gasteiger partial charge is 0.141 e. The topological polar surface area (TPSA) is 64.5 Å². The Morgan fingerprint density at radius 2 is 0.457 bits per heavy atom. The van der Waals surface area contributed by atoms with Crippen LogP contribution in [0.15, 0.2) is 340 Å². The summed E-state index contributed by atoms with van der Waals surface area (Å²) in [7, 11) is 0. The molecule has 0 saturated heterocycles. The van der Waals surface area contributed by atoms with Crippen LogP contribution in [-0.4, -0.2) is 19.9 Å². The van der Waals surface area contributed by atoms with Crippen LogP contribution in [0.3, 0.4) is 0 Å². The minimum Gasteiger partial charge on any atom is -0.309 e.